The number of carbonyl (C=O) groups excluding carboxylic acids is 1. The molecule has 0 spiro atoms. The quantitative estimate of drug-likeness (QED) is 0.784. The highest BCUT2D eigenvalue weighted by atomic mass is 19.4. The first kappa shape index (κ1) is 12.4. The summed E-state index contributed by atoms with van der Waals surface area (Å²) in [5.74, 6) is -1.03. The zero-order valence-electron chi connectivity index (χ0n) is 8.71. The van der Waals surface area contributed by atoms with Crippen LogP contribution in [-0.2, 0) is 0 Å². The van der Waals surface area contributed by atoms with Gasteiger partial charge in [-0.05, 0) is 12.1 Å². The molecule has 0 saturated carbocycles. The molecule has 1 amide bonds. The Labute approximate surface area is 90.4 Å². The lowest BCUT2D eigenvalue weighted by molar-refractivity contribution is -0.274. The predicted molar refractivity (Wildman–Crippen MR) is 51.1 cm³/mol. The molecule has 0 fully saturated rings. The number of nitrogens with zero attached hydrogens (tertiary/aromatic N) is 1. The first-order chi connectivity index (χ1) is 7.31. The van der Waals surface area contributed by atoms with E-state index in [-0.39, 0.29) is 5.56 Å². The maximum atomic E-state index is 12.0. The van der Waals surface area contributed by atoms with E-state index in [4.69, 9.17) is 0 Å². The van der Waals surface area contributed by atoms with Gasteiger partial charge in [0.1, 0.15) is 5.75 Å². The van der Waals surface area contributed by atoms with Crippen molar-refractivity contribution in [3.8, 4) is 5.75 Å². The van der Waals surface area contributed by atoms with E-state index in [9.17, 15) is 18.0 Å². The van der Waals surface area contributed by atoms with Crippen molar-refractivity contribution in [1.29, 1.82) is 0 Å². The molecule has 6 heteroatoms. The molecule has 0 bridgehead atoms. The summed E-state index contributed by atoms with van der Waals surface area (Å²) in [7, 11) is 2.90. The van der Waals surface area contributed by atoms with Crippen LogP contribution in [-0.4, -0.2) is 31.3 Å². The van der Waals surface area contributed by atoms with E-state index >= 15 is 0 Å². The number of hydrogen-bond acceptors (Lipinski definition) is 2. The Balaban J connectivity index is 3.06. The standard InChI is InChI=1S/C10H10F3NO2/c1-14(2)9(15)7-5-3-4-6-8(7)16-10(11,12)13/h3-6H,1-2H3. The molecule has 1 rings (SSSR count). The van der Waals surface area contributed by atoms with Crippen LogP contribution in [0.3, 0.4) is 0 Å². The molecule has 16 heavy (non-hydrogen) atoms. The van der Waals surface area contributed by atoms with Crippen LogP contribution in [0.1, 0.15) is 10.4 Å². The molecule has 0 aliphatic rings. The van der Waals surface area contributed by atoms with Crippen molar-refractivity contribution in [2.24, 2.45) is 0 Å². The Kier molecular flexibility index (Phi) is 3.41. The molecule has 0 radical (unpaired) electrons. The largest absolute Gasteiger partial charge is 0.573 e. The lowest BCUT2D eigenvalue weighted by atomic mass is 10.2. The SMILES string of the molecule is CN(C)C(=O)c1ccccc1OC(F)(F)F. The maximum absolute atomic E-state index is 12.0. The van der Waals surface area contributed by atoms with Gasteiger partial charge in [0.15, 0.2) is 0 Å². The van der Waals surface area contributed by atoms with Crippen LogP contribution < -0.4 is 4.74 Å². The fraction of sp³-hybridized carbons (Fsp3) is 0.300. The number of ether oxygens (including phenoxy) is 1. The first-order valence-electron chi connectivity index (χ1n) is 4.37. The summed E-state index contributed by atoms with van der Waals surface area (Å²) in [6, 6.07) is 5.22. The van der Waals surface area contributed by atoms with Gasteiger partial charge in [-0.15, -0.1) is 13.2 Å². The van der Waals surface area contributed by atoms with Crippen molar-refractivity contribution in [3.63, 3.8) is 0 Å². The first-order valence-corrected chi connectivity index (χ1v) is 4.37. The Morgan fingerprint density at radius 1 is 1.25 bits per heavy atom. The van der Waals surface area contributed by atoms with Crippen LogP contribution in [0.25, 0.3) is 0 Å². The predicted octanol–water partition coefficient (Wildman–Crippen LogP) is 2.29. The summed E-state index contributed by atoms with van der Waals surface area (Å²) < 4.78 is 39.9. The van der Waals surface area contributed by atoms with Crippen molar-refractivity contribution in [2.75, 3.05) is 14.1 Å². The number of rotatable bonds is 2. The Morgan fingerprint density at radius 2 is 1.81 bits per heavy atom. The Bertz CT molecular complexity index is 388. The topological polar surface area (TPSA) is 29.5 Å². The van der Waals surface area contributed by atoms with E-state index < -0.39 is 18.0 Å². The molecule has 0 unspecified atom stereocenters. The summed E-state index contributed by atoms with van der Waals surface area (Å²) in [6.45, 7) is 0. The number of hydrogen-bond donors (Lipinski definition) is 0. The highest BCUT2D eigenvalue weighted by Crippen LogP contribution is 2.26. The normalized spacial score (nSPS) is 11.1. The minimum atomic E-state index is -4.80. The number of carbonyl (C=O) groups is 1. The monoisotopic (exact) mass is 233 g/mol. The van der Waals surface area contributed by atoms with Crippen LogP contribution in [0.5, 0.6) is 5.75 Å². The van der Waals surface area contributed by atoms with E-state index in [2.05, 4.69) is 4.74 Å². The van der Waals surface area contributed by atoms with Crippen molar-refractivity contribution < 1.29 is 22.7 Å². The number of alkyl halides is 3. The fourth-order valence-corrected chi connectivity index (χ4v) is 1.10. The highest BCUT2D eigenvalue weighted by molar-refractivity contribution is 5.96. The molecule has 0 aromatic heterocycles. The average molecular weight is 233 g/mol. The number of amides is 1. The third kappa shape index (κ3) is 3.15. The summed E-state index contributed by atoms with van der Waals surface area (Å²) in [4.78, 5) is 12.7. The van der Waals surface area contributed by atoms with Gasteiger partial charge in [0.25, 0.3) is 5.91 Å². The number of benzene rings is 1. The van der Waals surface area contributed by atoms with E-state index in [1.807, 2.05) is 0 Å². The summed E-state index contributed by atoms with van der Waals surface area (Å²) in [6.07, 6.45) is -4.80. The van der Waals surface area contributed by atoms with Crippen LogP contribution in [0.2, 0.25) is 0 Å². The Morgan fingerprint density at radius 3 is 2.31 bits per heavy atom. The average Bonchev–Trinajstić information content (AvgIpc) is 2.15. The molecule has 3 nitrogen and oxygen atoms in total. The smallest absolute Gasteiger partial charge is 0.405 e. The zero-order chi connectivity index (χ0) is 12.3. The van der Waals surface area contributed by atoms with E-state index in [1.165, 1.54) is 37.2 Å². The van der Waals surface area contributed by atoms with Gasteiger partial charge in [0, 0.05) is 14.1 Å². The summed E-state index contributed by atoms with van der Waals surface area (Å²) >= 11 is 0. The van der Waals surface area contributed by atoms with E-state index in [0.29, 0.717) is 0 Å². The van der Waals surface area contributed by atoms with Crippen LogP contribution in [0.15, 0.2) is 24.3 Å². The van der Waals surface area contributed by atoms with E-state index in [1.54, 1.807) is 0 Å². The second-order valence-electron chi connectivity index (χ2n) is 3.24. The van der Waals surface area contributed by atoms with Gasteiger partial charge >= 0.3 is 6.36 Å². The zero-order valence-corrected chi connectivity index (χ0v) is 8.71. The molecule has 1 aromatic rings. The maximum Gasteiger partial charge on any atom is 0.573 e. The minimum Gasteiger partial charge on any atom is -0.405 e. The van der Waals surface area contributed by atoms with Crippen molar-refractivity contribution in [3.05, 3.63) is 29.8 Å². The second kappa shape index (κ2) is 4.42. The second-order valence-corrected chi connectivity index (χ2v) is 3.24. The van der Waals surface area contributed by atoms with Crippen LogP contribution in [0, 0.1) is 0 Å². The highest BCUT2D eigenvalue weighted by Gasteiger charge is 2.32. The van der Waals surface area contributed by atoms with Crippen molar-refractivity contribution in [2.45, 2.75) is 6.36 Å². The van der Waals surface area contributed by atoms with Crippen LogP contribution in [0.4, 0.5) is 13.2 Å². The third-order valence-corrected chi connectivity index (χ3v) is 1.75. The minimum absolute atomic E-state index is 0.121. The summed E-state index contributed by atoms with van der Waals surface area (Å²) in [5, 5.41) is 0. The molecule has 88 valence electrons. The molecule has 0 saturated heterocycles. The van der Waals surface area contributed by atoms with Crippen molar-refractivity contribution >= 4 is 5.91 Å². The Hall–Kier alpha value is -1.72. The van der Waals surface area contributed by atoms with E-state index in [0.717, 1.165) is 6.07 Å². The third-order valence-electron chi connectivity index (χ3n) is 1.75. The molecule has 0 N–H and O–H groups in total. The molecular formula is C10H10F3NO2. The van der Waals surface area contributed by atoms with Crippen molar-refractivity contribution in [1.82, 2.24) is 4.90 Å². The summed E-state index contributed by atoms with van der Waals surface area (Å²) in [5.41, 5.74) is -0.121. The van der Waals surface area contributed by atoms with Gasteiger partial charge in [-0.1, -0.05) is 12.1 Å². The molecule has 0 heterocycles. The number of halogens is 3. The molecule has 0 aliphatic heterocycles. The lowest BCUT2D eigenvalue weighted by Crippen LogP contribution is -2.24. The van der Waals surface area contributed by atoms with Gasteiger partial charge < -0.3 is 9.64 Å². The molecule has 1 aromatic carbocycles. The molecular weight excluding hydrogens is 223 g/mol. The van der Waals surface area contributed by atoms with Gasteiger partial charge in [0.05, 0.1) is 5.56 Å². The lowest BCUT2D eigenvalue weighted by Gasteiger charge is -2.15. The van der Waals surface area contributed by atoms with Crippen LogP contribution >= 0.6 is 0 Å². The van der Waals surface area contributed by atoms with Gasteiger partial charge in [0.2, 0.25) is 0 Å². The van der Waals surface area contributed by atoms with Gasteiger partial charge in [-0.2, -0.15) is 0 Å². The molecule has 0 aliphatic carbocycles. The number of para-hydroxylation sites is 1. The molecule has 0 atom stereocenters. The van der Waals surface area contributed by atoms with Gasteiger partial charge in [-0.3, -0.25) is 4.79 Å². The van der Waals surface area contributed by atoms with Gasteiger partial charge in [-0.25, -0.2) is 0 Å². The fourth-order valence-electron chi connectivity index (χ4n) is 1.10.